The van der Waals surface area contributed by atoms with Crippen molar-refractivity contribution in [2.24, 2.45) is 4.99 Å². The van der Waals surface area contributed by atoms with Gasteiger partial charge in [0.05, 0.1) is 10.1 Å². The number of benzene rings is 1. The number of alkyl halides is 3. The molecule has 1 aromatic carbocycles. The Hall–Kier alpha value is -2.39. The average Bonchev–Trinajstić information content (AvgIpc) is 3.23. The van der Waals surface area contributed by atoms with E-state index in [1.807, 2.05) is 23.6 Å². The average molecular weight is 395 g/mol. The summed E-state index contributed by atoms with van der Waals surface area (Å²) < 4.78 is 40.8. The zero-order chi connectivity index (χ0) is 18.3. The summed E-state index contributed by atoms with van der Waals surface area (Å²) >= 11 is 2.82. The zero-order valence-corrected chi connectivity index (χ0v) is 14.9. The van der Waals surface area contributed by atoms with Crippen molar-refractivity contribution in [3.05, 3.63) is 71.9 Å². The number of hydrogen-bond acceptors (Lipinski definition) is 5. The third-order valence-corrected chi connectivity index (χ3v) is 5.80. The van der Waals surface area contributed by atoms with Crippen molar-refractivity contribution in [1.29, 1.82) is 0 Å². The molecule has 3 aromatic rings. The summed E-state index contributed by atoms with van der Waals surface area (Å²) in [5.41, 5.74) is -0.514. The predicted octanol–water partition coefficient (Wildman–Crippen LogP) is 2.87. The maximum Gasteiger partial charge on any atom is 0.416 e. The molecule has 4 rings (SSSR count). The molecular formula is C17H12F3N3OS2. The first kappa shape index (κ1) is 17.0. The minimum atomic E-state index is -4.41. The lowest BCUT2D eigenvalue weighted by Gasteiger charge is -2.26. The van der Waals surface area contributed by atoms with Crippen LogP contribution in [-0.2, 0) is 12.8 Å². The molecule has 0 saturated carbocycles. The van der Waals surface area contributed by atoms with E-state index in [0.29, 0.717) is 15.0 Å². The van der Waals surface area contributed by atoms with Gasteiger partial charge in [0.2, 0.25) is 0 Å². The Bertz CT molecular complexity index is 1110. The van der Waals surface area contributed by atoms with Crippen LogP contribution in [-0.4, -0.2) is 11.2 Å². The number of rotatable bonds is 2. The molecule has 1 aliphatic rings. The number of hydrogen-bond donors (Lipinski definition) is 0. The lowest BCUT2D eigenvalue weighted by molar-refractivity contribution is -0.137. The molecular weight excluding hydrogens is 383 g/mol. The van der Waals surface area contributed by atoms with Gasteiger partial charge in [0.1, 0.15) is 13.3 Å². The van der Waals surface area contributed by atoms with Crippen LogP contribution in [0.15, 0.2) is 51.6 Å². The van der Waals surface area contributed by atoms with Crippen LogP contribution in [0.2, 0.25) is 0 Å². The van der Waals surface area contributed by atoms with Gasteiger partial charge in [-0.1, -0.05) is 23.5 Å². The van der Waals surface area contributed by atoms with Gasteiger partial charge in [0.25, 0.3) is 5.56 Å². The second-order valence-corrected chi connectivity index (χ2v) is 7.66. The van der Waals surface area contributed by atoms with Crippen molar-refractivity contribution in [3.63, 3.8) is 0 Å². The maximum atomic E-state index is 12.9. The van der Waals surface area contributed by atoms with Crippen molar-refractivity contribution in [2.75, 3.05) is 11.6 Å². The standard InChI is InChI=1S/C17H12F3N3OS2/c18-17(19,20)11-3-1-4-12(7-11)22-9-21-16-23(10-22)15(24)14(26-16)8-13-5-2-6-25-13/h1-8H,9-10H2. The molecule has 9 heteroatoms. The van der Waals surface area contributed by atoms with E-state index in [1.165, 1.54) is 33.3 Å². The SMILES string of the molecule is O=c1c(=Cc2cccs2)sc2n1CN(c1cccc(C(F)(F)F)c1)CN=2. The van der Waals surface area contributed by atoms with E-state index in [4.69, 9.17) is 0 Å². The van der Waals surface area contributed by atoms with Crippen LogP contribution < -0.4 is 19.8 Å². The zero-order valence-electron chi connectivity index (χ0n) is 13.2. The molecule has 0 fully saturated rings. The Morgan fingerprint density at radius 2 is 2.04 bits per heavy atom. The molecule has 1 aliphatic heterocycles. The molecule has 4 nitrogen and oxygen atoms in total. The molecule has 0 N–H and O–H groups in total. The number of anilines is 1. The summed E-state index contributed by atoms with van der Waals surface area (Å²) in [4.78, 5) is 20.2. The van der Waals surface area contributed by atoms with Crippen molar-refractivity contribution in [3.8, 4) is 0 Å². The monoisotopic (exact) mass is 395 g/mol. The van der Waals surface area contributed by atoms with Crippen LogP contribution >= 0.6 is 22.7 Å². The third kappa shape index (κ3) is 3.19. The van der Waals surface area contributed by atoms with Crippen LogP contribution in [0.1, 0.15) is 10.4 Å². The topological polar surface area (TPSA) is 37.6 Å². The van der Waals surface area contributed by atoms with Gasteiger partial charge >= 0.3 is 6.18 Å². The summed E-state index contributed by atoms with van der Waals surface area (Å²) in [6.07, 6.45) is -2.59. The highest BCUT2D eigenvalue weighted by molar-refractivity contribution is 7.11. The molecule has 0 saturated heterocycles. The maximum absolute atomic E-state index is 12.9. The first-order valence-electron chi connectivity index (χ1n) is 7.63. The third-order valence-electron chi connectivity index (χ3n) is 3.93. The lowest BCUT2D eigenvalue weighted by atomic mass is 10.2. The van der Waals surface area contributed by atoms with E-state index in [2.05, 4.69) is 4.99 Å². The summed E-state index contributed by atoms with van der Waals surface area (Å²) in [5, 5.41) is 1.93. The normalized spacial score (nSPS) is 15.0. The van der Waals surface area contributed by atoms with Gasteiger partial charge in [-0.3, -0.25) is 9.36 Å². The van der Waals surface area contributed by atoms with Gasteiger partial charge in [-0.25, -0.2) is 4.99 Å². The molecule has 0 radical (unpaired) electrons. The van der Waals surface area contributed by atoms with Crippen molar-refractivity contribution in [2.45, 2.75) is 12.8 Å². The molecule has 0 unspecified atom stereocenters. The van der Waals surface area contributed by atoms with Crippen LogP contribution in [0, 0.1) is 0 Å². The summed E-state index contributed by atoms with van der Waals surface area (Å²) in [6, 6.07) is 8.88. The lowest BCUT2D eigenvalue weighted by Crippen LogP contribution is -2.42. The van der Waals surface area contributed by atoms with Gasteiger partial charge in [0.15, 0.2) is 4.80 Å². The molecule has 134 valence electrons. The van der Waals surface area contributed by atoms with E-state index in [0.717, 1.165) is 17.0 Å². The Kier molecular flexibility index (Phi) is 4.20. The summed E-state index contributed by atoms with van der Waals surface area (Å²) in [7, 11) is 0. The molecule has 0 spiro atoms. The van der Waals surface area contributed by atoms with Gasteiger partial charge < -0.3 is 4.90 Å². The van der Waals surface area contributed by atoms with E-state index in [-0.39, 0.29) is 18.9 Å². The molecule has 2 aromatic heterocycles. The van der Waals surface area contributed by atoms with Crippen molar-refractivity contribution >= 4 is 34.4 Å². The highest BCUT2D eigenvalue weighted by atomic mass is 32.1. The Labute approximate surface area is 153 Å². The smallest absolute Gasteiger partial charge is 0.334 e. The predicted molar refractivity (Wildman–Crippen MR) is 96.0 cm³/mol. The van der Waals surface area contributed by atoms with Crippen LogP contribution in [0.3, 0.4) is 0 Å². The number of thiazole rings is 1. The number of fused-ring (bicyclic) bond motifs is 1. The van der Waals surface area contributed by atoms with Gasteiger partial charge in [-0.05, 0) is 35.7 Å². The minimum Gasteiger partial charge on any atom is -0.334 e. The highest BCUT2D eigenvalue weighted by Crippen LogP contribution is 2.31. The molecule has 0 aliphatic carbocycles. The number of nitrogens with zero attached hydrogens (tertiary/aromatic N) is 3. The van der Waals surface area contributed by atoms with Gasteiger partial charge in [-0.15, -0.1) is 11.3 Å². The van der Waals surface area contributed by atoms with E-state index in [9.17, 15) is 18.0 Å². The van der Waals surface area contributed by atoms with Gasteiger partial charge in [-0.2, -0.15) is 13.2 Å². The molecule has 0 amide bonds. The Balaban J connectivity index is 1.69. The van der Waals surface area contributed by atoms with Crippen LogP contribution in [0.4, 0.5) is 18.9 Å². The second-order valence-electron chi connectivity index (χ2n) is 5.67. The van der Waals surface area contributed by atoms with E-state index in [1.54, 1.807) is 11.0 Å². The molecule has 3 heterocycles. The molecule has 0 atom stereocenters. The quantitative estimate of drug-likeness (QED) is 0.669. The minimum absolute atomic E-state index is 0.174. The first-order valence-corrected chi connectivity index (χ1v) is 9.33. The van der Waals surface area contributed by atoms with Crippen LogP contribution in [0.5, 0.6) is 0 Å². The highest BCUT2D eigenvalue weighted by Gasteiger charge is 2.31. The fourth-order valence-corrected chi connectivity index (χ4v) is 4.34. The first-order chi connectivity index (χ1) is 12.4. The summed E-state index contributed by atoms with van der Waals surface area (Å²) in [6.45, 7) is 0.382. The number of thiophene rings is 1. The molecule has 0 bridgehead atoms. The Morgan fingerprint density at radius 1 is 1.19 bits per heavy atom. The van der Waals surface area contributed by atoms with Crippen molar-refractivity contribution in [1.82, 2.24) is 4.57 Å². The van der Waals surface area contributed by atoms with Crippen LogP contribution in [0.25, 0.3) is 6.08 Å². The second kappa shape index (κ2) is 6.40. The Morgan fingerprint density at radius 3 is 2.77 bits per heavy atom. The van der Waals surface area contributed by atoms with E-state index >= 15 is 0 Å². The molecule has 26 heavy (non-hydrogen) atoms. The number of aromatic nitrogens is 1. The number of halogens is 3. The van der Waals surface area contributed by atoms with Crippen molar-refractivity contribution < 1.29 is 13.2 Å². The fraction of sp³-hybridized carbons (Fsp3) is 0.176. The van der Waals surface area contributed by atoms with E-state index < -0.39 is 11.7 Å². The largest absolute Gasteiger partial charge is 0.416 e. The fourth-order valence-electron chi connectivity index (χ4n) is 2.66. The van der Waals surface area contributed by atoms with Gasteiger partial charge in [0, 0.05) is 10.6 Å². The summed E-state index contributed by atoms with van der Waals surface area (Å²) in [5.74, 6) is 0.